The third-order valence-corrected chi connectivity index (χ3v) is 4.68. The summed E-state index contributed by atoms with van der Waals surface area (Å²) >= 11 is 0. The number of rotatable bonds is 3. The highest BCUT2D eigenvalue weighted by molar-refractivity contribution is 5.81. The second-order valence-corrected chi connectivity index (χ2v) is 6.27. The van der Waals surface area contributed by atoms with Crippen molar-refractivity contribution in [3.63, 3.8) is 0 Å². The number of pyridine rings is 1. The van der Waals surface area contributed by atoms with Gasteiger partial charge in [-0.2, -0.15) is 0 Å². The van der Waals surface area contributed by atoms with E-state index >= 15 is 0 Å². The normalized spacial score (nSPS) is 23.5. The van der Waals surface area contributed by atoms with E-state index in [1.165, 1.54) is 18.4 Å². The lowest BCUT2D eigenvalue weighted by Crippen LogP contribution is -2.48. The van der Waals surface area contributed by atoms with Crippen molar-refractivity contribution in [1.82, 2.24) is 15.2 Å². The average molecular weight is 287 g/mol. The molecule has 1 saturated heterocycles. The van der Waals surface area contributed by atoms with E-state index in [0.717, 1.165) is 44.5 Å². The zero-order chi connectivity index (χ0) is 14.7. The van der Waals surface area contributed by atoms with Gasteiger partial charge in [0, 0.05) is 19.3 Å². The number of carbonyl (C=O) groups excluding carboxylic acids is 1. The molecule has 3 rings (SSSR count). The van der Waals surface area contributed by atoms with Crippen LogP contribution < -0.4 is 5.32 Å². The minimum atomic E-state index is -0.124. The maximum Gasteiger partial charge on any atom is 0.239 e. The van der Waals surface area contributed by atoms with E-state index in [2.05, 4.69) is 16.4 Å². The Hall–Kier alpha value is -1.42. The summed E-state index contributed by atoms with van der Waals surface area (Å²) in [5.74, 6) is 0.248. The zero-order valence-corrected chi connectivity index (χ0v) is 12.8. The summed E-state index contributed by atoms with van der Waals surface area (Å²) in [4.78, 5) is 19.1. The van der Waals surface area contributed by atoms with Crippen LogP contribution in [-0.2, 0) is 11.2 Å². The van der Waals surface area contributed by atoms with Crippen molar-refractivity contribution in [3.8, 4) is 0 Å². The van der Waals surface area contributed by atoms with Crippen molar-refractivity contribution in [1.29, 1.82) is 0 Å². The number of fused-ring (bicyclic) bond motifs is 1. The number of hydrogen-bond acceptors (Lipinski definition) is 3. The molecule has 1 N–H and O–H groups in total. The quantitative estimate of drug-likeness (QED) is 0.929. The number of likely N-dealkylation sites (tertiary alicyclic amines) is 1. The summed E-state index contributed by atoms with van der Waals surface area (Å²) in [6, 6.07) is 4.26. The van der Waals surface area contributed by atoms with E-state index in [1.807, 2.05) is 24.1 Å². The monoisotopic (exact) mass is 287 g/mol. The zero-order valence-electron chi connectivity index (χ0n) is 12.8. The Morgan fingerprint density at radius 1 is 1.33 bits per heavy atom. The fourth-order valence-corrected chi connectivity index (χ4v) is 3.53. The fourth-order valence-electron chi connectivity index (χ4n) is 3.53. The highest BCUT2D eigenvalue weighted by Gasteiger charge is 2.27. The van der Waals surface area contributed by atoms with Crippen LogP contribution in [0.25, 0.3) is 0 Å². The van der Waals surface area contributed by atoms with Gasteiger partial charge < -0.3 is 4.90 Å². The van der Waals surface area contributed by atoms with Gasteiger partial charge in [0.1, 0.15) is 0 Å². The Morgan fingerprint density at radius 2 is 2.14 bits per heavy atom. The molecule has 2 heterocycles. The smallest absolute Gasteiger partial charge is 0.239 e. The molecule has 0 aromatic carbocycles. The number of hydrogen-bond donors (Lipinski definition) is 1. The van der Waals surface area contributed by atoms with E-state index in [1.54, 1.807) is 0 Å². The molecule has 4 nitrogen and oxygen atoms in total. The molecular weight excluding hydrogens is 262 g/mol. The summed E-state index contributed by atoms with van der Waals surface area (Å²) < 4.78 is 0. The minimum absolute atomic E-state index is 0.124. The van der Waals surface area contributed by atoms with Gasteiger partial charge in [-0.15, -0.1) is 0 Å². The first-order chi connectivity index (χ1) is 10.3. The highest BCUT2D eigenvalue weighted by Crippen LogP contribution is 2.28. The van der Waals surface area contributed by atoms with Crippen molar-refractivity contribution in [2.75, 3.05) is 13.1 Å². The molecule has 1 aromatic heterocycles. The third kappa shape index (κ3) is 3.26. The minimum Gasteiger partial charge on any atom is -0.341 e. The van der Waals surface area contributed by atoms with Crippen molar-refractivity contribution < 1.29 is 4.79 Å². The molecule has 1 amide bonds. The number of aromatic nitrogens is 1. The number of nitrogens with one attached hydrogen (secondary N) is 1. The van der Waals surface area contributed by atoms with Crippen LogP contribution in [0.4, 0.5) is 0 Å². The Balaban J connectivity index is 1.65. The number of amides is 1. The number of carbonyl (C=O) groups is 1. The average Bonchev–Trinajstić information content (AvgIpc) is 2.55. The van der Waals surface area contributed by atoms with Gasteiger partial charge in [0.05, 0.1) is 17.8 Å². The molecule has 114 valence electrons. The molecule has 21 heavy (non-hydrogen) atoms. The first kappa shape index (κ1) is 14.5. The molecule has 2 aliphatic rings. The highest BCUT2D eigenvalue weighted by atomic mass is 16.2. The second kappa shape index (κ2) is 6.56. The van der Waals surface area contributed by atoms with Gasteiger partial charge in [0.25, 0.3) is 0 Å². The van der Waals surface area contributed by atoms with Crippen molar-refractivity contribution in [2.24, 2.45) is 0 Å². The van der Waals surface area contributed by atoms with E-state index in [0.29, 0.717) is 0 Å². The first-order valence-corrected chi connectivity index (χ1v) is 8.24. The molecule has 1 aliphatic carbocycles. The van der Waals surface area contributed by atoms with Gasteiger partial charge in [-0.05, 0) is 57.1 Å². The molecule has 0 saturated carbocycles. The lowest BCUT2D eigenvalue weighted by molar-refractivity contribution is -0.134. The Kier molecular flexibility index (Phi) is 4.54. The van der Waals surface area contributed by atoms with Crippen LogP contribution in [0.2, 0.25) is 0 Å². The van der Waals surface area contributed by atoms with Crippen LogP contribution in [0.5, 0.6) is 0 Å². The number of aryl methyl sites for hydroxylation is 1. The molecule has 0 bridgehead atoms. The van der Waals surface area contributed by atoms with E-state index in [4.69, 9.17) is 0 Å². The first-order valence-electron chi connectivity index (χ1n) is 8.24. The van der Waals surface area contributed by atoms with Crippen molar-refractivity contribution in [2.45, 2.75) is 57.5 Å². The van der Waals surface area contributed by atoms with Gasteiger partial charge in [0.2, 0.25) is 5.91 Å². The lowest BCUT2D eigenvalue weighted by Gasteiger charge is -2.32. The van der Waals surface area contributed by atoms with Gasteiger partial charge in [-0.1, -0.05) is 6.07 Å². The maximum atomic E-state index is 12.5. The number of piperidine rings is 1. The lowest BCUT2D eigenvalue weighted by atomic mass is 9.91. The molecular formula is C17H25N3O. The van der Waals surface area contributed by atoms with Gasteiger partial charge in [-0.25, -0.2) is 0 Å². The Bertz CT molecular complexity index is 497. The molecule has 2 atom stereocenters. The predicted octanol–water partition coefficient (Wildman–Crippen LogP) is 2.45. The second-order valence-electron chi connectivity index (χ2n) is 6.27. The van der Waals surface area contributed by atoms with E-state index in [9.17, 15) is 4.79 Å². The molecule has 0 spiro atoms. The predicted molar refractivity (Wildman–Crippen MR) is 82.9 cm³/mol. The van der Waals surface area contributed by atoms with Gasteiger partial charge >= 0.3 is 0 Å². The van der Waals surface area contributed by atoms with Crippen LogP contribution in [0, 0.1) is 0 Å². The number of nitrogens with zero attached hydrogens (tertiary/aromatic N) is 2. The summed E-state index contributed by atoms with van der Waals surface area (Å²) in [6.07, 6.45) is 8.75. The maximum absolute atomic E-state index is 12.5. The molecule has 1 fully saturated rings. The fraction of sp³-hybridized carbons (Fsp3) is 0.647. The molecule has 1 aliphatic heterocycles. The van der Waals surface area contributed by atoms with Crippen LogP contribution in [0.3, 0.4) is 0 Å². The molecule has 2 unspecified atom stereocenters. The van der Waals surface area contributed by atoms with Gasteiger partial charge in [0.15, 0.2) is 0 Å². The van der Waals surface area contributed by atoms with Crippen LogP contribution >= 0.6 is 0 Å². The summed E-state index contributed by atoms with van der Waals surface area (Å²) in [6.45, 7) is 3.84. The Labute approximate surface area is 126 Å². The van der Waals surface area contributed by atoms with Crippen LogP contribution in [-0.4, -0.2) is 34.9 Å². The largest absolute Gasteiger partial charge is 0.341 e. The van der Waals surface area contributed by atoms with Crippen molar-refractivity contribution in [3.05, 3.63) is 29.6 Å². The molecule has 1 aromatic rings. The van der Waals surface area contributed by atoms with Crippen LogP contribution in [0.15, 0.2) is 18.3 Å². The van der Waals surface area contributed by atoms with E-state index < -0.39 is 0 Å². The molecule has 4 heteroatoms. The van der Waals surface area contributed by atoms with Crippen molar-refractivity contribution >= 4 is 5.91 Å². The molecule has 0 radical (unpaired) electrons. The van der Waals surface area contributed by atoms with E-state index in [-0.39, 0.29) is 18.0 Å². The Morgan fingerprint density at radius 3 is 2.95 bits per heavy atom. The summed E-state index contributed by atoms with van der Waals surface area (Å²) in [5, 5.41) is 3.52. The van der Waals surface area contributed by atoms with Crippen LogP contribution in [0.1, 0.15) is 56.3 Å². The SMILES string of the molecule is CC(NC1CCCc2cccnc21)C(=O)N1CCCCC1. The summed E-state index contributed by atoms with van der Waals surface area (Å²) in [7, 11) is 0. The topological polar surface area (TPSA) is 45.2 Å². The summed E-state index contributed by atoms with van der Waals surface area (Å²) in [5.41, 5.74) is 2.47. The van der Waals surface area contributed by atoms with Gasteiger partial charge in [-0.3, -0.25) is 15.1 Å². The standard InChI is InChI=1S/C17H25N3O/c1-13(17(21)20-11-3-2-4-12-20)19-15-9-5-7-14-8-6-10-18-16(14)15/h6,8,10,13,15,19H,2-5,7,9,11-12H2,1H3. The third-order valence-electron chi connectivity index (χ3n) is 4.68.